The molecule has 102 valence electrons. The standard InChI is InChI=1S/C14H29NSi.ClH/c1-4-16(5-2,6-3)14-10-13-15-11-8-7-9-12-15;/h10,14H,4-9,11-13H2,1-3H3;1H/b14-10+;. The molecule has 1 rings (SSSR count). The first-order valence-electron chi connectivity index (χ1n) is 7.16. The molecule has 0 radical (unpaired) electrons. The van der Waals surface area contributed by atoms with Gasteiger partial charge in [-0.25, -0.2) is 0 Å². The second kappa shape index (κ2) is 9.18. The fraction of sp³-hybridized carbons (Fsp3) is 0.857. The van der Waals surface area contributed by atoms with Gasteiger partial charge in [-0.1, -0.05) is 57.1 Å². The molecule has 0 aromatic carbocycles. The van der Waals surface area contributed by atoms with E-state index < -0.39 is 8.07 Å². The lowest BCUT2D eigenvalue weighted by Crippen LogP contribution is -2.32. The zero-order valence-corrected chi connectivity index (χ0v) is 13.7. The minimum Gasteiger partial charge on any atom is -0.300 e. The molecule has 1 saturated heterocycles. The van der Waals surface area contributed by atoms with Gasteiger partial charge in [0.15, 0.2) is 0 Å². The van der Waals surface area contributed by atoms with E-state index in [1.54, 1.807) is 0 Å². The van der Waals surface area contributed by atoms with E-state index in [0.717, 1.165) is 0 Å². The summed E-state index contributed by atoms with van der Waals surface area (Å²) in [4.78, 5) is 2.61. The van der Waals surface area contributed by atoms with Gasteiger partial charge in [0.05, 0.1) is 8.07 Å². The number of nitrogens with zero attached hydrogens (tertiary/aromatic N) is 1. The van der Waals surface area contributed by atoms with E-state index in [9.17, 15) is 0 Å². The van der Waals surface area contributed by atoms with Gasteiger partial charge in [0.1, 0.15) is 0 Å². The smallest absolute Gasteiger partial charge is 0.0766 e. The Morgan fingerprint density at radius 3 is 1.94 bits per heavy atom. The molecule has 0 bridgehead atoms. The summed E-state index contributed by atoms with van der Waals surface area (Å²) >= 11 is 0. The quantitative estimate of drug-likeness (QED) is 0.645. The minimum absolute atomic E-state index is 0. The Labute approximate surface area is 115 Å². The number of rotatable bonds is 6. The van der Waals surface area contributed by atoms with E-state index in [4.69, 9.17) is 0 Å². The third kappa shape index (κ3) is 5.58. The highest BCUT2D eigenvalue weighted by atomic mass is 35.5. The third-order valence-electron chi connectivity index (χ3n) is 4.40. The van der Waals surface area contributed by atoms with Crippen molar-refractivity contribution in [3.63, 3.8) is 0 Å². The van der Waals surface area contributed by atoms with Gasteiger partial charge >= 0.3 is 0 Å². The fourth-order valence-corrected chi connectivity index (χ4v) is 5.51. The van der Waals surface area contributed by atoms with Crippen LogP contribution < -0.4 is 0 Å². The second-order valence-electron chi connectivity index (χ2n) is 5.19. The van der Waals surface area contributed by atoms with Gasteiger partial charge < -0.3 is 0 Å². The first kappa shape index (κ1) is 17.2. The second-order valence-corrected chi connectivity index (χ2v) is 10.4. The number of piperidine rings is 1. The zero-order chi connectivity index (χ0) is 11.9. The van der Waals surface area contributed by atoms with Crippen molar-refractivity contribution >= 4 is 20.5 Å². The average molecular weight is 276 g/mol. The summed E-state index contributed by atoms with van der Waals surface area (Å²) in [5.74, 6) is 0. The maximum atomic E-state index is 2.63. The van der Waals surface area contributed by atoms with Gasteiger partial charge in [0.2, 0.25) is 0 Å². The van der Waals surface area contributed by atoms with Crippen LogP contribution in [0.4, 0.5) is 0 Å². The van der Waals surface area contributed by atoms with Crippen LogP contribution in [0.15, 0.2) is 11.8 Å². The maximum absolute atomic E-state index is 2.63. The molecule has 1 heterocycles. The molecule has 0 unspecified atom stereocenters. The van der Waals surface area contributed by atoms with Gasteiger partial charge in [-0.15, -0.1) is 12.4 Å². The van der Waals surface area contributed by atoms with E-state index in [-0.39, 0.29) is 12.4 Å². The molecule has 1 aliphatic heterocycles. The van der Waals surface area contributed by atoms with Crippen LogP contribution in [0.3, 0.4) is 0 Å². The molecular formula is C14H30ClNSi. The molecule has 0 spiro atoms. The first-order chi connectivity index (χ1) is 7.76. The highest BCUT2D eigenvalue weighted by molar-refractivity contribution is 6.84. The molecular weight excluding hydrogens is 246 g/mol. The molecule has 17 heavy (non-hydrogen) atoms. The molecule has 0 aromatic rings. The van der Waals surface area contributed by atoms with Crippen LogP contribution in [0.2, 0.25) is 18.1 Å². The van der Waals surface area contributed by atoms with Crippen molar-refractivity contribution in [3.05, 3.63) is 11.8 Å². The third-order valence-corrected chi connectivity index (χ3v) is 9.56. The Morgan fingerprint density at radius 1 is 0.941 bits per heavy atom. The van der Waals surface area contributed by atoms with Gasteiger partial charge in [-0.3, -0.25) is 4.90 Å². The molecule has 0 atom stereocenters. The van der Waals surface area contributed by atoms with Gasteiger partial charge in [0.25, 0.3) is 0 Å². The number of hydrogen-bond acceptors (Lipinski definition) is 1. The Hall–Kier alpha value is 0.207. The van der Waals surface area contributed by atoms with Crippen molar-refractivity contribution in [3.8, 4) is 0 Å². The van der Waals surface area contributed by atoms with Crippen molar-refractivity contribution in [2.24, 2.45) is 0 Å². The van der Waals surface area contributed by atoms with Gasteiger partial charge in [-0.05, 0) is 25.9 Å². The molecule has 0 amide bonds. The summed E-state index contributed by atoms with van der Waals surface area (Å²) in [6.45, 7) is 11.0. The lowest BCUT2D eigenvalue weighted by Gasteiger charge is -2.27. The summed E-state index contributed by atoms with van der Waals surface area (Å²) < 4.78 is 0. The molecule has 0 saturated carbocycles. The summed E-state index contributed by atoms with van der Waals surface area (Å²) in [6, 6.07) is 4.24. The number of halogens is 1. The fourth-order valence-electron chi connectivity index (χ4n) is 2.70. The number of likely N-dealkylation sites (tertiary alicyclic amines) is 1. The highest BCUT2D eigenvalue weighted by Crippen LogP contribution is 2.21. The van der Waals surface area contributed by atoms with Crippen LogP contribution in [0.5, 0.6) is 0 Å². The molecule has 0 aliphatic carbocycles. The largest absolute Gasteiger partial charge is 0.300 e. The molecule has 1 aliphatic rings. The van der Waals surface area contributed by atoms with Gasteiger partial charge in [0, 0.05) is 6.54 Å². The normalized spacial score (nSPS) is 18.3. The van der Waals surface area contributed by atoms with E-state index in [1.807, 2.05) is 0 Å². The van der Waals surface area contributed by atoms with Crippen molar-refractivity contribution in [2.75, 3.05) is 19.6 Å². The molecule has 1 nitrogen and oxygen atoms in total. The summed E-state index contributed by atoms with van der Waals surface area (Å²) in [5, 5.41) is 0. The van der Waals surface area contributed by atoms with Crippen molar-refractivity contribution in [1.82, 2.24) is 4.90 Å². The Kier molecular flexibility index (Phi) is 9.29. The van der Waals surface area contributed by atoms with Crippen LogP contribution >= 0.6 is 12.4 Å². The molecule has 0 aromatic heterocycles. The van der Waals surface area contributed by atoms with Crippen LogP contribution in [0.1, 0.15) is 40.0 Å². The first-order valence-corrected chi connectivity index (χ1v) is 9.86. The minimum atomic E-state index is -1.01. The Morgan fingerprint density at radius 2 is 1.47 bits per heavy atom. The average Bonchev–Trinajstić information content (AvgIpc) is 2.37. The van der Waals surface area contributed by atoms with Crippen LogP contribution in [0, 0.1) is 0 Å². The summed E-state index contributed by atoms with van der Waals surface area (Å²) in [6.07, 6.45) is 6.74. The van der Waals surface area contributed by atoms with Crippen LogP contribution in [-0.4, -0.2) is 32.6 Å². The van der Waals surface area contributed by atoms with E-state index >= 15 is 0 Å². The Bertz CT molecular complexity index is 200. The topological polar surface area (TPSA) is 3.24 Å². The molecule has 1 fully saturated rings. The number of hydrogen-bond donors (Lipinski definition) is 0. The summed E-state index contributed by atoms with van der Waals surface area (Å²) in [5.41, 5.74) is 2.63. The highest BCUT2D eigenvalue weighted by Gasteiger charge is 2.22. The monoisotopic (exact) mass is 275 g/mol. The van der Waals surface area contributed by atoms with Gasteiger partial charge in [-0.2, -0.15) is 0 Å². The van der Waals surface area contributed by atoms with Crippen LogP contribution in [-0.2, 0) is 0 Å². The maximum Gasteiger partial charge on any atom is 0.0766 e. The summed E-state index contributed by atoms with van der Waals surface area (Å²) in [7, 11) is -1.01. The molecule has 3 heteroatoms. The van der Waals surface area contributed by atoms with E-state index in [0.29, 0.717) is 0 Å². The predicted molar refractivity (Wildman–Crippen MR) is 83.9 cm³/mol. The van der Waals surface area contributed by atoms with Crippen molar-refractivity contribution in [2.45, 2.75) is 58.2 Å². The van der Waals surface area contributed by atoms with Crippen LogP contribution in [0.25, 0.3) is 0 Å². The van der Waals surface area contributed by atoms with E-state index in [1.165, 1.54) is 57.0 Å². The molecule has 0 N–H and O–H groups in total. The lowest BCUT2D eigenvalue weighted by molar-refractivity contribution is 0.251. The van der Waals surface area contributed by atoms with E-state index in [2.05, 4.69) is 37.4 Å². The predicted octanol–water partition coefficient (Wildman–Crippen LogP) is 4.50. The van der Waals surface area contributed by atoms with Crippen molar-refractivity contribution in [1.29, 1.82) is 0 Å². The zero-order valence-electron chi connectivity index (χ0n) is 11.9. The SMILES string of the molecule is CC[Si](/C=C/CN1CCCCC1)(CC)CC.Cl. The lowest BCUT2D eigenvalue weighted by atomic mass is 10.1. The van der Waals surface area contributed by atoms with Crippen molar-refractivity contribution < 1.29 is 0 Å². The Balaban J connectivity index is 0.00000256.